The topological polar surface area (TPSA) is 117 Å². The van der Waals surface area contributed by atoms with E-state index >= 15 is 0 Å². The zero-order valence-electron chi connectivity index (χ0n) is 16.5. The van der Waals surface area contributed by atoms with Crippen molar-refractivity contribution in [2.75, 3.05) is 36.8 Å². The zero-order chi connectivity index (χ0) is 21.3. The number of piperidine rings is 1. The molecule has 0 aromatic heterocycles. The first-order chi connectivity index (χ1) is 14.5. The van der Waals surface area contributed by atoms with Gasteiger partial charge in [0.15, 0.2) is 0 Å². The van der Waals surface area contributed by atoms with Crippen LogP contribution in [0.2, 0.25) is 0 Å². The van der Waals surface area contributed by atoms with Crippen molar-refractivity contribution in [2.45, 2.75) is 12.8 Å². The average Bonchev–Trinajstić information content (AvgIpc) is 2.77. The van der Waals surface area contributed by atoms with Crippen LogP contribution in [-0.4, -0.2) is 47.9 Å². The highest BCUT2D eigenvalue weighted by Crippen LogP contribution is 2.18. The van der Waals surface area contributed by atoms with Crippen molar-refractivity contribution in [3.8, 4) is 0 Å². The van der Waals surface area contributed by atoms with Crippen molar-refractivity contribution in [1.29, 1.82) is 0 Å². The van der Waals surface area contributed by atoms with Crippen LogP contribution in [0.3, 0.4) is 0 Å². The van der Waals surface area contributed by atoms with E-state index in [1.54, 1.807) is 17.0 Å². The van der Waals surface area contributed by atoms with E-state index in [1.165, 1.54) is 12.1 Å². The highest BCUT2D eigenvalue weighted by molar-refractivity contribution is 5.90. The first-order valence-electron chi connectivity index (χ1n) is 9.90. The molecule has 2 aromatic carbocycles. The number of carbonyl (C=O) groups is 2. The van der Waals surface area contributed by atoms with Crippen LogP contribution in [0.1, 0.15) is 12.8 Å². The fourth-order valence-electron chi connectivity index (χ4n) is 3.34. The summed E-state index contributed by atoms with van der Waals surface area (Å²) in [4.78, 5) is 36.8. The van der Waals surface area contributed by atoms with Crippen molar-refractivity contribution in [2.24, 2.45) is 5.92 Å². The largest absolute Gasteiger partial charge is 0.383 e. The summed E-state index contributed by atoms with van der Waals surface area (Å²) < 4.78 is 0. The van der Waals surface area contributed by atoms with Gasteiger partial charge < -0.3 is 20.9 Å². The number of amides is 3. The van der Waals surface area contributed by atoms with Gasteiger partial charge in [0.1, 0.15) is 0 Å². The van der Waals surface area contributed by atoms with Crippen LogP contribution < -0.4 is 16.0 Å². The maximum atomic E-state index is 12.5. The third-order valence-corrected chi connectivity index (χ3v) is 4.94. The fourth-order valence-corrected chi connectivity index (χ4v) is 3.34. The second-order valence-electron chi connectivity index (χ2n) is 7.10. The highest BCUT2D eigenvalue weighted by atomic mass is 16.6. The number of hydrogen-bond donors (Lipinski definition) is 3. The Kier molecular flexibility index (Phi) is 7.20. The number of likely N-dealkylation sites (tertiary alicyclic amines) is 1. The Labute approximate surface area is 174 Å². The van der Waals surface area contributed by atoms with Crippen LogP contribution in [0.4, 0.5) is 21.9 Å². The standard InChI is InChI=1S/C21H25N5O4/c27-20(23-13-12-22-17-8-10-19(11-9-17)26(29)30)16-5-4-14-25(15-16)21(28)24-18-6-2-1-3-7-18/h1-3,6-11,16,22H,4-5,12-15H2,(H,23,27)(H,24,28)/t16-/m1/s1. The molecular weight excluding hydrogens is 386 g/mol. The minimum absolute atomic E-state index is 0.0343. The Balaban J connectivity index is 1.40. The summed E-state index contributed by atoms with van der Waals surface area (Å²) in [5, 5.41) is 19.5. The normalized spacial score (nSPS) is 15.9. The van der Waals surface area contributed by atoms with E-state index in [1.807, 2.05) is 30.3 Å². The number of para-hydroxylation sites is 1. The summed E-state index contributed by atoms with van der Waals surface area (Å²) in [5.41, 5.74) is 1.51. The number of nitro benzene ring substituents is 1. The Morgan fingerprint density at radius 1 is 1.03 bits per heavy atom. The maximum Gasteiger partial charge on any atom is 0.321 e. The number of nitrogens with one attached hydrogen (secondary N) is 3. The molecule has 1 heterocycles. The molecule has 1 fully saturated rings. The molecule has 9 heteroatoms. The summed E-state index contributed by atoms with van der Waals surface area (Å²) >= 11 is 0. The van der Waals surface area contributed by atoms with Crippen molar-refractivity contribution >= 4 is 29.0 Å². The molecule has 0 spiro atoms. The molecule has 0 unspecified atom stereocenters. The molecule has 0 radical (unpaired) electrons. The van der Waals surface area contributed by atoms with E-state index in [4.69, 9.17) is 0 Å². The number of nitrogens with zero attached hydrogens (tertiary/aromatic N) is 2. The van der Waals surface area contributed by atoms with E-state index in [9.17, 15) is 19.7 Å². The second-order valence-corrected chi connectivity index (χ2v) is 7.10. The Morgan fingerprint density at radius 3 is 2.47 bits per heavy atom. The summed E-state index contributed by atoms with van der Waals surface area (Å²) in [6, 6.07) is 15.2. The van der Waals surface area contributed by atoms with Gasteiger partial charge in [-0.05, 0) is 37.1 Å². The van der Waals surface area contributed by atoms with Crippen molar-refractivity contribution in [3.63, 3.8) is 0 Å². The van der Waals surface area contributed by atoms with Crippen molar-refractivity contribution in [1.82, 2.24) is 10.2 Å². The molecule has 2 aromatic rings. The van der Waals surface area contributed by atoms with Gasteiger partial charge in [-0.15, -0.1) is 0 Å². The second kappa shape index (κ2) is 10.2. The Bertz CT molecular complexity index is 873. The van der Waals surface area contributed by atoms with Crippen LogP contribution in [0.15, 0.2) is 54.6 Å². The monoisotopic (exact) mass is 411 g/mol. The van der Waals surface area contributed by atoms with Crippen molar-refractivity contribution in [3.05, 3.63) is 64.7 Å². The lowest BCUT2D eigenvalue weighted by Gasteiger charge is -2.32. The smallest absolute Gasteiger partial charge is 0.321 e. The molecule has 0 bridgehead atoms. The molecule has 1 saturated heterocycles. The molecule has 1 aliphatic rings. The Morgan fingerprint density at radius 2 is 1.77 bits per heavy atom. The van der Waals surface area contributed by atoms with E-state index < -0.39 is 4.92 Å². The van der Waals surface area contributed by atoms with Gasteiger partial charge in [-0.25, -0.2) is 4.79 Å². The van der Waals surface area contributed by atoms with Crippen molar-refractivity contribution < 1.29 is 14.5 Å². The SMILES string of the molecule is O=C(NCCNc1ccc([N+](=O)[O-])cc1)[C@@H]1CCCN(C(=O)Nc2ccccc2)C1. The lowest BCUT2D eigenvalue weighted by molar-refractivity contribution is -0.384. The van der Waals surface area contributed by atoms with Crippen LogP contribution >= 0.6 is 0 Å². The summed E-state index contributed by atoms with van der Waals surface area (Å²) in [7, 11) is 0. The summed E-state index contributed by atoms with van der Waals surface area (Å²) in [5.74, 6) is -0.308. The number of nitro groups is 1. The van der Waals surface area contributed by atoms with Gasteiger partial charge in [0, 0.05) is 49.7 Å². The molecule has 9 nitrogen and oxygen atoms in total. The molecule has 158 valence electrons. The first-order valence-corrected chi connectivity index (χ1v) is 9.90. The molecule has 3 rings (SSSR count). The highest BCUT2D eigenvalue weighted by Gasteiger charge is 2.28. The first kappa shape index (κ1) is 21.1. The van der Waals surface area contributed by atoms with Gasteiger partial charge in [0.05, 0.1) is 10.8 Å². The number of benzene rings is 2. The Hall–Kier alpha value is -3.62. The number of carbonyl (C=O) groups excluding carboxylic acids is 2. The van der Waals surface area contributed by atoms with Gasteiger partial charge in [0.25, 0.3) is 5.69 Å². The molecular formula is C21H25N5O4. The van der Waals surface area contributed by atoms with E-state index in [2.05, 4.69) is 16.0 Å². The van der Waals surface area contributed by atoms with Gasteiger partial charge in [-0.2, -0.15) is 0 Å². The van der Waals surface area contributed by atoms with Gasteiger partial charge in [-0.1, -0.05) is 18.2 Å². The minimum Gasteiger partial charge on any atom is -0.383 e. The molecule has 1 aliphatic heterocycles. The molecule has 1 atom stereocenters. The minimum atomic E-state index is -0.447. The number of rotatable bonds is 7. The van der Waals surface area contributed by atoms with E-state index in [0.717, 1.165) is 24.2 Å². The van der Waals surface area contributed by atoms with Gasteiger partial charge in [0.2, 0.25) is 5.91 Å². The molecule has 0 saturated carbocycles. The number of non-ortho nitro benzene ring substituents is 1. The molecule has 30 heavy (non-hydrogen) atoms. The maximum absolute atomic E-state index is 12.5. The predicted octanol–water partition coefficient (Wildman–Crippen LogP) is 3.07. The zero-order valence-corrected chi connectivity index (χ0v) is 16.5. The van der Waals surface area contributed by atoms with E-state index in [-0.39, 0.29) is 23.5 Å². The number of hydrogen-bond acceptors (Lipinski definition) is 5. The number of anilines is 2. The predicted molar refractivity (Wildman–Crippen MR) is 114 cm³/mol. The van der Waals surface area contributed by atoms with Crippen LogP contribution in [-0.2, 0) is 4.79 Å². The number of urea groups is 1. The summed E-state index contributed by atoms with van der Waals surface area (Å²) in [6.07, 6.45) is 1.53. The molecule has 3 amide bonds. The summed E-state index contributed by atoms with van der Waals surface area (Å²) in [6.45, 7) is 1.93. The quantitative estimate of drug-likeness (QED) is 0.368. The van der Waals surface area contributed by atoms with Crippen LogP contribution in [0, 0.1) is 16.0 Å². The van der Waals surface area contributed by atoms with Gasteiger partial charge in [-0.3, -0.25) is 14.9 Å². The lowest BCUT2D eigenvalue weighted by Crippen LogP contribution is -2.47. The lowest BCUT2D eigenvalue weighted by atomic mass is 9.97. The van der Waals surface area contributed by atoms with E-state index in [0.29, 0.717) is 26.2 Å². The van der Waals surface area contributed by atoms with Crippen LogP contribution in [0.5, 0.6) is 0 Å². The third kappa shape index (κ3) is 5.94. The van der Waals surface area contributed by atoms with Crippen LogP contribution in [0.25, 0.3) is 0 Å². The molecule has 0 aliphatic carbocycles. The van der Waals surface area contributed by atoms with Gasteiger partial charge >= 0.3 is 6.03 Å². The third-order valence-electron chi connectivity index (χ3n) is 4.94. The fraction of sp³-hybridized carbons (Fsp3) is 0.333. The average molecular weight is 411 g/mol. The molecule has 3 N–H and O–H groups in total.